The van der Waals surface area contributed by atoms with Crippen molar-refractivity contribution in [3.05, 3.63) is 111 Å². The standard InChI is InChI=1S/C31H37N3O2.C30H33N3O2.2CH4/c1-14-16(3)24-18(5)22(9)30(33-12-35-28(20(14)7)26(24)33)32(11)31-23(10)19(6)25-17(4)15(2)21(8)29-27(25)34(31)13-36-29;1-12-14(3)22-16(5)20(9)28-31(11)29-21(10)17(6)23-15(4)13(2)19(8)27-25(23)33(29)30(35-27)32(28)24(22)26(34-30)18(12)7;;/h12-13H2,1-11H3;1-11H3;2*1H4/q2*+2;;. The van der Waals surface area contributed by atoms with Crippen LogP contribution >= 0.6 is 0 Å². The van der Waals surface area contributed by atoms with Gasteiger partial charge in [0.25, 0.3) is 23.3 Å². The van der Waals surface area contributed by atoms with Crippen molar-refractivity contribution < 1.29 is 37.2 Å². The van der Waals surface area contributed by atoms with Crippen molar-refractivity contribution in [3.8, 4) is 23.0 Å². The number of rotatable bonds is 2. The van der Waals surface area contributed by atoms with Gasteiger partial charge in [-0.05, 0) is 227 Å². The Kier molecular flexibility index (Phi) is 10.7. The number of anilines is 4. The summed E-state index contributed by atoms with van der Waals surface area (Å²) in [4.78, 5) is 4.73. The van der Waals surface area contributed by atoms with E-state index in [1.54, 1.807) is 0 Å². The number of aromatic nitrogens is 4. The van der Waals surface area contributed by atoms with E-state index in [1.165, 1.54) is 155 Å². The first-order valence-corrected chi connectivity index (χ1v) is 25.5. The van der Waals surface area contributed by atoms with Crippen LogP contribution in [0.4, 0.5) is 23.3 Å². The van der Waals surface area contributed by atoms with Crippen molar-refractivity contribution in [2.24, 2.45) is 0 Å². The van der Waals surface area contributed by atoms with E-state index < -0.39 is 6.03 Å². The number of hydrogen-bond donors (Lipinski definition) is 0. The predicted octanol–water partition coefficient (Wildman–Crippen LogP) is 13.0. The van der Waals surface area contributed by atoms with Gasteiger partial charge in [0.1, 0.15) is 0 Å². The van der Waals surface area contributed by atoms with Gasteiger partial charge in [0, 0.05) is 43.8 Å². The van der Waals surface area contributed by atoms with Gasteiger partial charge >= 0.3 is 6.03 Å². The average molecular weight is 983 g/mol. The molecule has 73 heavy (non-hydrogen) atoms. The molecule has 8 aromatic rings. The van der Waals surface area contributed by atoms with Crippen molar-refractivity contribution in [2.75, 3.05) is 23.9 Å². The second kappa shape index (κ2) is 15.7. The van der Waals surface area contributed by atoms with E-state index >= 15 is 0 Å². The Morgan fingerprint density at radius 3 is 0.959 bits per heavy atom. The number of ether oxygens (including phenoxy) is 4. The minimum atomic E-state index is -1.11. The molecule has 0 unspecified atom stereocenters. The molecule has 0 radical (unpaired) electrons. The topological polar surface area (TPSA) is 58.9 Å². The first-order valence-electron chi connectivity index (χ1n) is 25.5. The third kappa shape index (κ3) is 5.55. The molecule has 13 rings (SSSR count). The summed E-state index contributed by atoms with van der Waals surface area (Å²) >= 11 is 0. The number of nitrogens with zero attached hydrogens (tertiary/aromatic N) is 6. The SMILES string of the molecule is C.C.Cc1c(C)c2c3c(c1C)c(C)c(C)c(N(C)c1c(C)c(C)c4c(C)c(C)c(C)c5c4[n+]1CO5)[n+]3CO2.Cc1c(C)c2c3c(c1C)c(C)c(C)c1[n+]3C3(O2)Oc2c(C)c(C)c(C)c4c(C)c(C)c([n+]3c24)N1C. The van der Waals surface area contributed by atoms with Gasteiger partial charge in [0.2, 0.25) is 13.5 Å². The van der Waals surface area contributed by atoms with Gasteiger partial charge in [-0.3, -0.25) is 0 Å². The zero-order valence-electron chi connectivity index (χ0n) is 46.2. The minimum absolute atomic E-state index is 0. The smallest absolute Gasteiger partial charge is 0.450 e. The monoisotopic (exact) mass is 983 g/mol. The summed E-state index contributed by atoms with van der Waals surface area (Å²) in [6, 6.07) is -1.11. The Balaban J connectivity index is 0.000000163. The van der Waals surface area contributed by atoms with Crippen LogP contribution in [0.2, 0.25) is 0 Å². The van der Waals surface area contributed by atoms with Gasteiger partial charge in [-0.15, -0.1) is 9.13 Å². The normalized spacial score (nSPS) is 14.4. The van der Waals surface area contributed by atoms with Crippen LogP contribution in [0.1, 0.15) is 126 Å². The lowest BCUT2D eigenvalue weighted by molar-refractivity contribution is -1.03. The van der Waals surface area contributed by atoms with Crippen LogP contribution in [0, 0.1) is 138 Å². The van der Waals surface area contributed by atoms with Gasteiger partial charge in [0.15, 0.2) is 45.1 Å². The summed E-state index contributed by atoms with van der Waals surface area (Å²) in [7, 11) is 4.39. The zero-order valence-corrected chi connectivity index (χ0v) is 46.2. The first kappa shape index (κ1) is 49.9. The molecule has 0 fully saturated rings. The molecule has 4 aromatic carbocycles. The molecule has 1 spiro atoms. The van der Waals surface area contributed by atoms with E-state index in [9.17, 15) is 0 Å². The highest BCUT2D eigenvalue weighted by molar-refractivity contribution is 5.97. The molecule has 0 amide bonds. The maximum atomic E-state index is 7.10. The third-order valence-corrected chi connectivity index (χ3v) is 19.2. The van der Waals surface area contributed by atoms with Crippen molar-refractivity contribution in [2.45, 2.75) is 173 Å². The Bertz CT molecular complexity index is 3720. The molecule has 5 aliphatic rings. The summed E-state index contributed by atoms with van der Waals surface area (Å²) in [6.45, 7) is 45.6. The highest BCUT2D eigenvalue weighted by Gasteiger charge is 2.69. The van der Waals surface area contributed by atoms with Crippen molar-refractivity contribution in [1.82, 2.24) is 0 Å². The van der Waals surface area contributed by atoms with Crippen LogP contribution < -0.4 is 47.0 Å². The molecular weight excluding hydrogens is 905 g/mol. The van der Waals surface area contributed by atoms with Crippen LogP contribution in [0.25, 0.3) is 43.6 Å². The van der Waals surface area contributed by atoms with E-state index in [1.807, 2.05) is 0 Å². The summed E-state index contributed by atoms with van der Waals surface area (Å²) in [6.07, 6.45) is 0. The Labute approximate surface area is 433 Å². The lowest BCUT2D eigenvalue weighted by Crippen LogP contribution is -2.80. The van der Waals surface area contributed by atoms with Crippen LogP contribution in [-0.4, -0.2) is 14.1 Å². The third-order valence-electron chi connectivity index (χ3n) is 19.2. The molecule has 0 bridgehead atoms. The first-order chi connectivity index (χ1) is 33.4. The zero-order chi connectivity index (χ0) is 51.0. The maximum absolute atomic E-state index is 7.10. The lowest BCUT2D eigenvalue weighted by Gasteiger charge is -2.30. The second-order valence-corrected chi connectivity index (χ2v) is 21.9. The van der Waals surface area contributed by atoms with Gasteiger partial charge in [-0.25, -0.2) is 0 Å². The van der Waals surface area contributed by atoms with E-state index in [0.717, 1.165) is 45.7 Å². The van der Waals surface area contributed by atoms with Crippen LogP contribution in [0.15, 0.2) is 0 Å². The molecular formula is C63H78N6O4+4. The quantitative estimate of drug-likeness (QED) is 0.161. The summed E-state index contributed by atoms with van der Waals surface area (Å²) in [5, 5.41) is 5.22. The Morgan fingerprint density at radius 1 is 0.356 bits per heavy atom. The number of aryl methyl sites for hydroxylation is 8. The van der Waals surface area contributed by atoms with E-state index in [4.69, 9.17) is 18.9 Å². The molecule has 380 valence electrons. The number of pyridine rings is 4. The van der Waals surface area contributed by atoms with Gasteiger partial charge in [-0.1, -0.05) is 14.9 Å². The Hall–Kier alpha value is -6.68. The van der Waals surface area contributed by atoms with Crippen LogP contribution in [0.3, 0.4) is 0 Å². The van der Waals surface area contributed by atoms with E-state index in [0.29, 0.717) is 13.5 Å². The van der Waals surface area contributed by atoms with Gasteiger partial charge in [0.05, 0.1) is 14.1 Å². The fourth-order valence-electron chi connectivity index (χ4n) is 13.9. The van der Waals surface area contributed by atoms with Crippen molar-refractivity contribution >= 4 is 66.9 Å². The molecule has 0 aliphatic carbocycles. The average Bonchev–Trinajstić information content (AvgIpc) is 4.13. The fourth-order valence-corrected chi connectivity index (χ4v) is 13.9. The van der Waals surface area contributed by atoms with Crippen molar-refractivity contribution in [3.63, 3.8) is 0 Å². The molecule has 10 nitrogen and oxygen atoms in total. The maximum Gasteiger partial charge on any atom is 0.590 e. The largest absolute Gasteiger partial charge is 0.590 e. The van der Waals surface area contributed by atoms with Gasteiger partial charge < -0.3 is 18.9 Å². The highest BCUT2D eigenvalue weighted by Crippen LogP contribution is 2.53. The molecule has 0 saturated heterocycles. The van der Waals surface area contributed by atoms with Crippen LogP contribution in [0.5, 0.6) is 23.0 Å². The predicted molar refractivity (Wildman–Crippen MR) is 297 cm³/mol. The molecule has 9 heterocycles. The Morgan fingerprint density at radius 2 is 0.630 bits per heavy atom. The fraction of sp³-hybridized carbons (Fsp3) is 0.429. The van der Waals surface area contributed by atoms with E-state index in [-0.39, 0.29) is 14.9 Å². The molecule has 0 saturated carbocycles. The van der Waals surface area contributed by atoms with E-state index in [2.05, 4.69) is 181 Å². The summed E-state index contributed by atoms with van der Waals surface area (Å²) < 4.78 is 36.3. The lowest BCUT2D eigenvalue weighted by atomic mass is 9.92. The minimum Gasteiger partial charge on any atom is -0.450 e. The molecule has 5 aliphatic heterocycles. The number of hydrogen-bond acceptors (Lipinski definition) is 6. The molecule has 0 atom stereocenters. The second-order valence-electron chi connectivity index (χ2n) is 21.9. The summed E-state index contributed by atoms with van der Waals surface area (Å²) in [5.41, 5.74) is 30.5. The number of benzene rings is 4. The van der Waals surface area contributed by atoms with Crippen LogP contribution in [-0.2, 0) is 19.5 Å². The molecule has 4 aromatic heterocycles. The van der Waals surface area contributed by atoms with Gasteiger partial charge in [-0.2, -0.15) is 18.9 Å². The highest BCUT2D eigenvalue weighted by atomic mass is 16.8. The molecule has 10 heteroatoms. The van der Waals surface area contributed by atoms with Crippen molar-refractivity contribution in [1.29, 1.82) is 0 Å². The summed E-state index contributed by atoms with van der Waals surface area (Å²) in [5.74, 6) is 8.57. The molecule has 0 N–H and O–H groups in total.